The molecule has 1 fully saturated rings. The first-order valence-corrected chi connectivity index (χ1v) is 12.0. The number of aromatic nitrogens is 2. The fourth-order valence-corrected chi connectivity index (χ4v) is 6.07. The standard InChI is InChI=1S/C24H28N4OS/c29-23-22-19-10-4-5-11-20(19)30-24(22)26-21(25-23)17-28-15-13-27(14-16-28)12-6-9-18-7-2-1-3-8-18/h1-3,6-9H,4-5,10-17H2,(H,25,26,29)/p+2/b9-6+. The lowest BCUT2D eigenvalue weighted by molar-refractivity contribution is -1.02. The van der Waals surface area contributed by atoms with Gasteiger partial charge in [0.25, 0.3) is 5.56 Å². The van der Waals surface area contributed by atoms with E-state index >= 15 is 0 Å². The number of nitrogens with zero attached hydrogens (tertiary/aromatic N) is 1. The number of hydrogen-bond donors (Lipinski definition) is 3. The SMILES string of the molecule is O=c1[nH]c(C[NH+]2CC[NH+](C/C=C/c3ccccc3)CC2)nc2sc3c(c12)CCCC3. The fourth-order valence-electron chi connectivity index (χ4n) is 4.79. The Labute approximate surface area is 181 Å². The second-order valence-corrected chi connectivity index (χ2v) is 9.68. The lowest BCUT2D eigenvalue weighted by Crippen LogP contribution is -3.27. The molecule has 2 aliphatic rings. The molecule has 3 N–H and O–H groups in total. The molecular formula is C24H30N4OS+2. The minimum absolute atomic E-state index is 0.0733. The van der Waals surface area contributed by atoms with Crippen molar-refractivity contribution < 1.29 is 9.80 Å². The number of quaternary nitrogens is 2. The molecule has 1 aliphatic carbocycles. The number of fused-ring (bicyclic) bond motifs is 3. The fraction of sp³-hybridized carbons (Fsp3) is 0.417. The molecule has 156 valence electrons. The molecule has 5 nitrogen and oxygen atoms in total. The first kappa shape index (κ1) is 19.7. The molecule has 3 heterocycles. The van der Waals surface area contributed by atoms with Gasteiger partial charge in [0.2, 0.25) is 0 Å². The van der Waals surface area contributed by atoms with E-state index in [1.54, 1.807) is 16.2 Å². The molecule has 5 rings (SSSR count). The second-order valence-electron chi connectivity index (χ2n) is 8.60. The van der Waals surface area contributed by atoms with Crippen LogP contribution in [0.15, 0.2) is 41.2 Å². The van der Waals surface area contributed by atoms with Gasteiger partial charge >= 0.3 is 0 Å². The number of benzene rings is 1. The smallest absolute Gasteiger partial charge is 0.260 e. The number of rotatable bonds is 5. The maximum Gasteiger partial charge on any atom is 0.260 e. The summed E-state index contributed by atoms with van der Waals surface area (Å²) in [6, 6.07) is 10.5. The third-order valence-electron chi connectivity index (χ3n) is 6.47. The number of hydrogen-bond acceptors (Lipinski definition) is 3. The van der Waals surface area contributed by atoms with Crippen molar-refractivity contribution in [2.24, 2.45) is 0 Å². The molecule has 0 radical (unpaired) electrons. The van der Waals surface area contributed by atoms with Crippen molar-refractivity contribution in [2.45, 2.75) is 32.2 Å². The summed E-state index contributed by atoms with van der Waals surface area (Å²) in [5, 5.41) is 0.868. The zero-order valence-electron chi connectivity index (χ0n) is 17.4. The van der Waals surface area contributed by atoms with Crippen molar-refractivity contribution in [3.05, 3.63) is 68.6 Å². The van der Waals surface area contributed by atoms with Gasteiger partial charge in [-0.2, -0.15) is 0 Å². The van der Waals surface area contributed by atoms with E-state index in [0.29, 0.717) is 0 Å². The van der Waals surface area contributed by atoms with Crippen LogP contribution < -0.4 is 15.4 Å². The van der Waals surface area contributed by atoms with Crippen LogP contribution >= 0.6 is 11.3 Å². The van der Waals surface area contributed by atoms with Crippen LogP contribution in [0.3, 0.4) is 0 Å². The van der Waals surface area contributed by atoms with Crippen molar-refractivity contribution in [3.8, 4) is 0 Å². The molecule has 0 unspecified atom stereocenters. The maximum atomic E-state index is 12.8. The number of piperazine rings is 1. The summed E-state index contributed by atoms with van der Waals surface area (Å²) in [4.78, 5) is 26.2. The van der Waals surface area contributed by atoms with Gasteiger partial charge in [-0.15, -0.1) is 11.3 Å². The Hall–Kier alpha value is -2.28. The van der Waals surface area contributed by atoms with Crippen molar-refractivity contribution in [1.29, 1.82) is 0 Å². The molecule has 1 saturated heterocycles. The van der Waals surface area contributed by atoms with Crippen LogP contribution in [-0.2, 0) is 19.4 Å². The summed E-state index contributed by atoms with van der Waals surface area (Å²) in [5.74, 6) is 0.855. The molecule has 0 spiro atoms. The van der Waals surface area contributed by atoms with Gasteiger partial charge in [0, 0.05) is 4.88 Å². The van der Waals surface area contributed by atoms with Crippen molar-refractivity contribution in [1.82, 2.24) is 9.97 Å². The normalized spacial score (nSPS) is 21.9. The summed E-state index contributed by atoms with van der Waals surface area (Å²) in [6.45, 7) is 6.46. The van der Waals surface area contributed by atoms with Crippen LogP contribution in [0.1, 0.15) is 34.7 Å². The lowest BCUT2D eigenvalue weighted by Gasteiger charge is -2.28. The Kier molecular flexibility index (Phi) is 5.79. The Bertz CT molecular complexity index is 1090. The van der Waals surface area contributed by atoms with Gasteiger partial charge in [0.05, 0.1) is 11.9 Å². The second kappa shape index (κ2) is 8.84. The van der Waals surface area contributed by atoms with Crippen molar-refractivity contribution >= 4 is 27.6 Å². The molecule has 0 bridgehead atoms. The molecule has 0 saturated carbocycles. The highest BCUT2D eigenvalue weighted by atomic mass is 32.1. The highest BCUT2D eigenvalue weighted by Crippen LogP contribution is 2.33. The summed E-state index contributed by atoms with van der Waals surface area (Å²) in [5.41, 5.74) is 2.61. The van der Waals surface area contributed by atoms with E-state index < -0.39 is 0 Å². The van der Waals surface area contributed by atoms with Gasteiger partial charge < -0.3 is 14.8 Å². The van der Waals surface area contributed by atoms with E-state index in [4.69, 9.17) is 4.98 Å². The quantitative estimate of drug-likeness (QED) is 0.571. The van der Waals surface area contributed by atoms with Crippen LogP contribution in [0, 0.1) is 0 Å². The lowest BCUT2D eigenvalue weighted by atomic mass is 9.97. The number of aryl methyl sites for hydroxylation is 2. The van der Waals surface area contributed by atoms with E-state index in [2.05, 4.69) is 47.5 Å². The summed E-state index contributed by atoms with van der Waals surface area (Å²) >= 11 is 1.75. The molecule has 0 atom stereocenters. The van der Waals surface area contributed by atoms with E-state index in [1.807, 2.05) is 0 Å². The monoisotopic (exact) mass is 422 g/mol. The molecule has 2 aromatic heterocycles. The van der Waals surface area contributed by atoms with Gasteiger partial charge in [-0.3, -0.25) is 4.79 Å². The highest BCUT2D eigenvalue weighted by Gasteiger charge is 2.24. The van der Waals surface area contributed by atoms with Crippen LogP contribution in [0.5, 0.6) is 0 Å². The molecular weight excluding hydrogens is 392 g/mol. The van der Waals surface area contributed by atoms with Crippen LogP contribution in [0.2, 0.25) is 0 Å². The minimum atomic E-state index is 0.0733. The zero-order valence-corrected chi connectivity index (χ0v) is 18.2. The van der Waals surface area contributed by atoms with E-state index in [-0.39, 0.29) is 5.56 Å². The average molecular weight is 423 g/mol. The Morgan fingerprint density at radius 3 is 2.63 bits per heavy atom. The predicted octanol–water partition coefficient (Wildman–Crippen LogP) is 0.860. The van der Waals surface area contributed by atoms with Gasteiger partial charge in [-0.1, -0.05) is 36.4 Å². The Morgan fingerprint density at radius 2 is 1.80 bits per heavy atom. The Balaban J connectivity index is 1.19. The number of nitrogens with one attached hydrogen (secondary N) is 3. The Morgan fingerprint density at radius 1 is 1.03 bits per heavy atom. The van der Waals surface area contributed by atoms with Crippen LogP contribution in [0.25, 0.3) is 16.3 Å². The summed E-state index contributed by atoms with van der Waals surface area (Å²) in [7, 11) is 0. The van der Waals surface area contributed by atoms with E-state index in [1.165, 1.54) is 33.7 Å². The maximum absolute atomic E-state index is 12.8. The van der Waals surface area contributed by atoms with Gasteiger partial charge in [0.1, 0.15) is 37.6 Å². The van der Waals surface area contributed by atoms with Gasteiger partial charge in [-0.05, 0) is 42.9 Å². The average Bonchev–Trinajstić information content (AvgIpc) is 3.14. The molecule has 0 amide bonds. The molecule has 3 aromatic rings. The highest BCUT2D eigenvalue weighted by molar-refractivity contribution is 7.18. The largest absolute Gasteiger partial charge is 0.322 e. The van der Waals surface area contributed by atoms with Crippen molar-refractivity contribution in [3.63, 3.8) is 0 Å². The van der Waals surface area contributed by atoms with E-state index in [9.17, 15) is 4.79 Å². The zero-order chi connectivity index (χ0) is 20.3. The first-order chi connectivity index (χ1) is 14.8. The molecule has 1 aliphatic heterocycles. The predicted molar refractivity (Wildman–Crippen MR) is 122 cm³/mol. The molecule has 6 heteroatoms. The summed E-state index contributed by atoms with van der Waals surface area (Å²) < 4.78 is 0. The van der Waals surface area contributed by atoms with E-state index in [0.717, 1.165) is 68.2 Å². The number of H-pyrrole nitrogens is 1. The number of thiophene rings is 1. The summed E-state index contributed by atoms with van der Waals surface area (Å²) in [6.07, 6.45) is 9.09. The minimum Gasteiger partial charge on any atom is -0.322 e. The third kappa shape index (κ3) is 4.26. The molecule has 1 aromatic carbocycles. The third-order valence-corrected chi connectivity index (χ3v) is 7.66. The first-order valence-electron chi connectivity index (χ1n) is 11.2. The van der Waals surface area contributed by atoms with Crippen LogP contribution in [-0.4, -0.2) is 42.7 Å². The number of aromatic amines is 1. The topological polar surface area (TPSA) is 54.6 Å². The molecule has 30 heavy (non-hydrogen) atoms. The van der Waals surface area contributed by atoms with Crippen molar-refractivity contribution in [2.75, 3.05) is 32.7 Å². The van der Waals surface area contributed by atoms with Gasteiger partial charge in [0.15, 0.2) is 5.82 Å². The van der Waals surface area contributed by atoms with Crippen LogP contribution in [0.4, 0.5) is 0 Å². The van der Waals surface area contributed by atoms with Gasteiger partial charge in [-0.25, -0.2) is 4.98 Å².